The second kappa shape index (κ2) is 7.76. The van der Waals surface area contributed by atoms with E-state index in [2.05, 4.69) is 25.5 Å². The van der Waals surface area contributed by atoms with Gasteiger partial charge < -0.3 is 4.74 Å². The zero-order chi connectivity index (χ0) is 23.1. The number of hydrogen-bond acceptors (Lipinski definition) is 10. The molecule has 2 aromatic carbocycles. The molecule has 0 aliphatic rings. The fraction of sp³-hybridized carbons (Fsp3) is 0.0526. The number of methoxy groups -OCH3 is 1. The third kappa shape index (κ3) is 3.63. The van der Waals surface area contributed by atoms with Crippen molar-refractivity contribution < 1.29 is 14.6 Å². The number of aromatic nitrogens is 6. The van der Waals surface area contributed by atoms with Crippen molar-refractivity contribution in [2.45, 2.75) is 0 Å². The van der Waals surface area contributed by atoms with Crippen LogP contribution in [0.4, 0.5) is 11.4 Å². The first-order valence-electron chi connectivity index (χ1n) is 9.29. The molecule has 5 rings (SSSR count). The number of fused-ring (bicyclic) bond motifs is 1. The monoisotopic (exact) mass is 464 g/mol. The van der Waals surface area contributed by atoms with E-state index in [0.29, 0.717) is 27.2 Å². The molecule has 0 radical (unpaired) electrons. The van der Waals surface area contributed by atoms with Crippen LogP contribution in [0.1, 0.15) is 0 Å². The molecule has 0 aliphatic heterocycles. The predicted octanol–water partition coefficient (Wildman–Crippen LogP) is 3.73. The van der Waals surface area contributed by atoms with Crippen molar-refractivity contribution in [2.24, 2.45) is 0 Å². The molecule has 3 heterocycles. The first-order valence-corrected chi connectivity index (χ1v) is 10.1. The van der Waals surface area contributed by atoms with Crippen LogP contribution >= 0.6 is 11.3 Å². The van der Waals surface area contributed by atoms with Crippen molar-refractivity contribution >= 4 is 27.7 Å². The number of non-ortho nitro benzene ring substituents is 2. The lowest BCUT2D eigenvalue weighted by Gasteiger charge is -1.99. The topological polar surface area (TPSA) is 167 Å². The van der Waals surface area contributed by atoms with Crippen molar-refractivity contribution in [3.05, 3.63) is 68.8 Å². The van der Waals surface area contributed by atoms with Crippen molar-refractivity contribution in [3.63, 3.8) is 0 Å². The molecule has 164 valence electrons. The van der Waals surface area contributed by atoms with Gasteiger partial charge in [-0.1, -0.05) is 11.3 Å². The van der Waals surface area contributed by atoms with E-state index in [4.69, 9.17) is 4.74 Å². The lowest BCUT2D eigenvalue weighted by Crippen LogP contribution is -1.95. The van der Waals surface area contributed by atoms with Gasteiger partial charge in [0, 0.05) is 23.3 Å². The normalized spacial score (nSPS) is 11.1. The van der Waals surface area contributed by atoms with Gasteiger partial charge in [-0.15, -0.1) is 10.2 Å². The molecule has 0 aliphatic carbocycles. The maximum absolute atomic E-state index is 11.2. The summed E-state index contributed by atoms with van der Waals surface area (Å²) in [6.07, 6.45) is 0. The Morgan fingerprint density at radius 3 is 2.30 bits per heavy atom. The number of H-pyrrole nitrogens is 1. The highest BCUT2D eigenvalue weighted by Crippen LogP contribution is 2.33. The standard InChI is InChI=1S/C19H12N8O5S/c1-32-14-4-2-10(3-5-14)15-9-16(21-20-15)17-22-23-19-25(17)24-18(33-19)11-6-12(26(28)29)8-13(7-11)27(30)31/h2-9H,1H3,(H,20,21). The van der Waals surface area contributed by atoms with Gasteiger partial charge in [-0.2, -0.15) is 14.7 Å². The second-order valence-corrected chi connectivity index (χ2v) is 7.73. The fourth-order valence-corrected chi connectivity index (χ4v) is 4.00. The van der Waals surface area contributed by atoms with Gasteiger partial charge in [-0.3, -0.25) is 25.3 Å². The SMILES string of the molecule is COc1ccc(-c2cc(-c3nnc4sc(-c5cc([N+](=O)[O-])cc([N+](=O)[O-])c5)nn34)[nH]n2)cc1. The molecule has 0 atom stereocenters. The lowest BCUT2D eigenvalue weighted by molar-refractivity contribution is -0.394. The highest BCUT2D eigenvalue weighted by atomic mass is 32.1. The van der Waals surface area contributed by atoms with Crippen LogP contribution in [0.2, 0.25) is 0 Å². The number of hydrogen-bond donors (Lipinski definition) is 1. The second-order valence-electron chi connectivity index (χ2n) is 6.77. The minimum atomic E-state index is -0.687. The Balaban J connectivity index is 1.53. The first-order chi connectivity index (χ1) is 15.9. The van der Waals surface area contributed by atoms with Gasteiger partial charge in [0.2, 0.25) is 10.8 Å². The van der Waals surface area contributed by atoms with Crippen molar-refractivity contribution in [2.75, 3.05) is 7.11 Å². The van der Waals surface area contributed by atoms with Crippen LogP contribution in [0.25, 0.3) is 38.3 Å². The Morgan fingerprint density at radius 1 is 0.970 bits per heavy atom. The largest absolute Gasteiger partial charge is 0.497 e. The number of nitro groups is 2. The zero-order valence-electron chi connectivity index (χ0n) is 16.7. The van der Waals surface area contributed by atoms with Crippen LogP contribution in [0, 0.1) is 20.2 Å². The summed E-state index contributed by atoms with van der Waals surface area (Å²) in [5.41, 5.74) is 1.53. The molecule has 0 fully saturated rings. The van der Waals surface area contributed by atoms with E-state index in [9.17, 15) is 20.2 Å². The molecular weight excluding hydrogens is 452 g/mol. The number of ether oxygens (including phenoxy) is 1. The molecule has 0 unspecified atom stereocenters. The summed E-state index contributed by atoms with van der Waals surface area (Å²) in [5, 5.41) is 42.6. The van der Waals surface area contributed by atoms with Gasteiger partial charge in [0.05, 0.1) is 28.7 Å². The Bertz CT molecular complexity index is 1490. The molecule has 3 aromatic heterocycles. The van der Waals surface area contributed by atoms with E-state index in [1.165, 1.54) is 16.6 Å². The molecule has 0 spiro atoms. The van der Waals surface area contributed by atoms with Gasteiger partial charge >= 0.3 is 0 Å². The summed E-state index contributed by atoms with van der Waals surface area (Å²) >= 11 is 1.10. The summed E-state index contributed by atoms with van der Waals surface area (Å²) in [6.45, 7) is 0. The maximum Gasteiger partial charge on any atom is 0.277 e. The number of benzene rings is 2. The minimum Gasteiger partial charge on any atom is -0.497 e. The molecule has 13 nitrogen and oxygen atoms in total. The number of nitro benzene ring substituents is 2. The Morgan fingerprint density at radius 2 is 1.67 bits per heavy atom. The van der Waals surface area contributed by atoms with E-state index in [0.717, 1.165) is 28.7 Å². The highest BCUT2D eigenvalue weighted by Gasteiger charge is 2.21. The Labute approximate surface area is 187 Å². The Kier molecular flexibility index (Phi) is 4.75. The smallest absolute Gasteiger partial charge is 0.277 e. The van der Waals surface area contributed by atoms with E-state index < -0.39 is 21.2 Å². The fourth-order valence-electron chi connectivity index (χ4n) is 3.18. The van der Waals surface area contributed by atoms with Crippen LogP contribution in [0.3, 0.4) is 0 Å². The number of nitrogens with zero attached hydrogens (tertiary/aromatic N) is 7. The van der Waals surface area contributed by atoms with E-state index >= 15 is 0 Å². The average molecular weight is 464 g/mol. The van der Waals surface area contributed by atoms with E-state index in [1.807, 2.05) is 24.3 Å². The molecule has 0 bridgehead atoms. The summed E-state index contributed by atoms with van der Waals surface area (Å²) < 4.78 is 6.62. The molecule has 14 heteroatoms. The van der Waals surface area contributed by atoms with Gasteiger partial charge in [0.1, 0.15) is 16.5 Å². The summed E-state index contributed by atoms with van der Waals surface area (Å²) in [5.74, 6) is 1.10. The van der Waals surface area contributed by atoms with Crippen molar-refractivity contribution in [3.8, 4) is 39.1 Å². The van der Waals surface area contributed by atoms with E-state index in [1.54, 1.807) is 13.2 Å². The van der Waals surface area contributed by atoms with Gasteiger partial charge in [-0.25, -0.2) is 0 Å². The average Bonchev–Trinajstić information content (AvgIpc) is 3.54. The van der Waals surface area contributed by atoms with Crippen LogP contribution in [0.15, 0.2) is 48.5 Å². The molecular formula is C19H12N8O5S. The van der Waals surface area contributed by atoms with Crippen LogP contribution in [-0.4, -0.2) is 47.0 Å². The zero-order valence-corrected chi connectivity index (χ0v) is 17.5. The molecule has 33 heavy (non-hydrogen) atoms. The molecule has 0 saturated heterocycles. The first kappa shape index (κ1) is 20.2. The van der Waals surface area contributed by atoms with Gasteiger partial charge in [0.25, 0.3) is 11.4 Å². The predicted molar refractivity (Wildman–Crippen MR) is 117 cm³/mol. The molecule has 1 N–H and O–H groups in total. The summed E-state index contributed by atoms with van der Waals surface area (Å²) in [6, 6.07) is 12.5. The molecule has 0 amide bonds. The van der Waals surface area contributed by atoms with E-state index in [-0.39, 0.29) is 5.56 Å². The Hall–Kier alpha value is -4.72. The maximum atomic E-state index is 11.2. The quantitative estimate of drug-likeness (QED) is 0.291. The van der Waals surface area contributed by atoms with Crippen molar-refractivity contribution in [1.29, 1.82) is 0 Å². The number of rotatable bonds is 6. The highest BCUT2D eigenvalue weighted by molar-refractivity contribution is 7.19. The molecule has 0 saturated carbocycles. The number of nitrogens with one attached hydrogen (secondary N) is 1. The summed E-state index contributed by atoms with van der Waals surface area (Å²) in [7, 11) is 1.59. The van der Waals surface area contributed by atoms with Crippen LogP contribution in [-0.2, 0) is 0 Å². The van der Waals surface area contributed by atoms with Gasteiger partial charge in [-0.05, 0) is 30.3 Å². The third-order valence-corrected chi connectivity index (χ3v) is 5.71. The lowest BCUT2D eigenvalue weighted by atomic mass is 10.1. The minimum absolute atomic E-state index is 0.237. The van der Waals surface area contributed by atoms with Crippen molar-refractivity contribution in [1.82, 2.24) is 30.0 Å². The summed E-state index contributed by atoms with van der Waals surface area (Å²) in [4.78, 5) is 21.4. The number of aromatic amines is 1. The third-order valence-electron chi connectivity index (χ3n) is 4.77. The molecule has 5 aromatic rings. The van der Waals surface area contributed by atoms with Crippen LogP contribution < -0.4 is 4.74 Å². The van der Waals surface area contributed by atoms with Crippen LogP contribution in [0.5, 0.6) is 5.75 Å². The van der Waals surface area contributed by atoms with Gasteiger partial charge in [0.15, 0.2) is 0 Å².